The summed E-state index contributed by atoms with van der Waals surface area (Å²) >= 11 is 0. The minimum Gasteiger partial charge on any atom is -0.396 e. The number of aliphatic hydroxyl groups excluding tert-OH is 1. The van der Waals surface area contributed by atoms with Crippen molar-refractivity contribution in [2.45, 2.75) is 44.9 Å². The van der Waals surface area contributed by atoms with Gasteiger partial charge in [-0.05, 0) is 51.7 Å². The van der Waals surface area contributed by atoms with Gasteiger partial charge in [-0.15, -0.1) is 0 Å². The third-order valence-electron chi connectivity index (χ3n) is 3.23. The van der Waals surface area contributed by atoms with E-state index in [4.69, 9.17) is 5.11 Å². The van der Waals surface area contributed by atoms with E-state index in [1.165, 1.54) is 32.4 Å². The Bertz CT molecular complexity index is 204. The number of hydrogen-bond acceptors (Lipinski definition) is 3. The van der Waals surface area contributed by atoms with Crippen LogP contribution >= 0.6 is 0 Å². The van der Waals surface area contributed by atoms with Gasteiger partial charge in [-0.25, -0.2) is 0 Å². The van der Waals surface area contributed by atoms with Crippen LogP contribution in [0.15, 0.2) is 0 Å². The normalized spacial score (nSPS) is 17.0. The van der Waals surface area contributed by atoms with Gasteiger partial charge in [0.2, 0.25) is 5.91 Å². The molecule has 0 aromatic heterocycles. The highest BCUT2D eigenvalue weighted by Gasteiger charge is 2.09. The number of unbranched alkanes of at least 4 members (excludes halogenated alkanes) is 1. The van der Waals surface area contributed by atoms with Crippen LogP contribution in [0.4, 0.5) is 0 Å². The van der Waals surface area contributed by atoms with Gasteiger partial charge < -0.3 is 15.3 Å². The maximum absolute atomic E-state index is 11.4. The second-order valence-electron chi connectivity index (χ2n) is 4.79. The topological polar surface area (TPSA) is 52.6 Å². The van der Waals surface area contributed by atoms with Gasteiger partial charge in [0.1, 0.15) is 0 Å². The molecule has 0 spiro atoms. The van der Waals surface area contributed by atoms with E-state index in [-0.39, 0.29) is 12.5 Å². The summed E-state index contributed by atoms with van der Waals surface area (Å²) in [6, 6.07) is 0. The smallest absolute Gasteiger partial charge is 0.219 e. The number of nitrogens with zero attached hydrogens (tertiary/aromatic N) is 1. The Labute approximate surface area is 104 Å². The second-order valence-corrected chi connectivity index (χ2v) is 4.79. The van der Waals surface area contributed by atoms with Crippen molar-refractivity contribution in [3.8, 4) is 0 Å². The molecule has 100 valence electrons. The van der Waals surface area contributed by atoms with E-state index >= 15 is 0 Å². The summed E-state index contributed by atoms with van der Waals surface area (Å²) in [5, 5.41) is 11.5. The second kappa shape index (κ2) is 9.42. The van der Waals surface area contributed by atoms with Gasteiger partial charge in [-0.2, -0.15) is 0 Å². The van der Waals surface area contributed by atoms with Crippen LogP contribution in [0.1, 0.15) is 44.9 Å². The van der Waals surface area contributed by atoms with Gasteiger partial charge in [-0.3, -0.25) is 4.79 Å². The zero-order chi connectivity index (χ0) is 12.3. The number of amides is 1. The van der Waals surface area contributed by atoms with E-state index in [1.807, 2.05) is 0 Å². The lowest BCUT2D eigenvalue weighted by molar-refractivity contribution is -0.121. The highest BCUT2D eigenvalue weighted by molar-refractivity contribution is 5.75. The number of piperidine rings is 1. The first-order valence-electron chi connectivity index (χ1n) is 6.93. The van der Waals surface area contributed by atoms with Gasteiger partial charge in [0.25, 0.3) is 0 Å². The first-order valence-corrected chi connectivity index (χ1v) is 6.93. The fraction of sp³-hybridized carbons (Fsp3) is 0.923. The average molecular weight is 242 g/mol. The van der Waals surface area contributed by atoms with E-state index < -0.39 is 0 Å². The standard InChI is InChI=1S/C13H26N2O2/c16-12-5-2-7-13(17)14-8-6-11-15-9-3-1-4-10-15/h16H,1-12H2,(H,14,17). The third kappa shape index (κ3) is 7.34. The summed E-state index contributed by atoms with van der Waals surface area (Å²) in [4.78, 5) is 13.9. The molecule has 4 heteroatoms. The number of carbonyl (C=O) groups excluding carboxylic acids is 1. The van der Waals surface area contributed by atoms with Gasteiger partial charge in [-0.1, -0.05) is 6.42 Å². The number of aliphatic hydroxyl groups is 1. The molecule has 0 bridgehead atoms. The third-order valence-corrected chi connectivity index (χ3v) is 3.23. The Balaban J connectivity index is 1.90. The fourth-order valence-electron chi connectivity index (χ4n) is 2.20. The highest BCUT2D eigenvalue weighted by Crippen LogP contribution is 2.08. The Kier molecular flexibility index (Phi) is 8.01. The zero-order valence-corrected chi connectivity index (χ0v) is 10.8. The maximum Gasteiger partial charge on any atom is 0.219 e. The summed E-state index contributed by atoms with van der Waals surface area (Å²) in [5.41, 5.74) is 0. The van der Waals surface area contributed by atoms with Crippen molar-refractivity contribution in [2.75, 3.05) is 32.8 Å². The van der Waals surface area contributed by atoms with Crippen molar-refractivity contribution in [3.63, 3.8) is 0 Å². The molecule has 0 unspecified atom stereocenters. The van der Waals surface area contributed by atoms with Crippen molar-refractivity contribution >= 4 is 5.91 Å². The molecule has 0 aliphatic carbocycles. The van der Waals surface area contributed by atoms with Crippen molar-refractivity contribution in [3.05, 3.63) is 0 Å². The average Bonchev–Trinajstić information content (AvgIpc) is 2.36. The number of nitrogens with one attached hydrogen (secondary N) is 1. The van der Waals surface area contributed by atoms with Crippen LogP contribution in [-0.4, -0.2) is 48.7 Å². The lowest BCUT2D eigenvalue weighted by Crippen LogP contribution is -2.33. The lowest BCUT2D eigenvalue weighted by Gasteiger charge is -2.26. The summed E-state index contributed by atoms with van der Waals surface area (Å²) in [5.74, 6) is 0.122. The molecule has 0 atom stereocenters. The van der Waals surface area contributed by atoms with E-state index in [2.05, 4.69) is 10.2 Å². The number of hydrogen-bond donors (Lipinski definition) is 2. The Morgan fingerprint density at radius 2 is 1.88 bits per heavy atom. The highest BCUT2D eigenvalue weighted by atomic mass is 16.2. The fourth-order valence-corrected chi connectivity index (χ4v) is 2.20. The van der Waals surface area contributed by atoms with Crippen LogP contribution < -0.4 is 5.32 Å². The molecule has 2 N–H and O–H groups in total. The summed E-state index contributed by atoms with van der Waals surface area (Å²) in [6.45, 7) is 4.53. The van der Waals surface area contributed by atoms with Crippen LogP contribution in [-0.2, 0) is 4.79 Å². The number of carbonyl (C=O) groups is 1. The maximum atomic E-state index is 11.4. The van der Waals surface area contributed by atoms with Crippen LogP contribution in [0.3, 0.4) is 0 Å². The van der Waals surface area contributed by atoms with Crippen molar-refractivity contribution < 1.29 is 9.90 Å². The van der Waals surface area contributed by atoms with E-state index in [0.29, 0.717) is 6.42 Å². The van der Waals surface area contributed by atoms with Gasteiger partial charge in [0.15, 0.2) is 0 Å². The van der Waals surface area contributed by atoms with E-state index in [1.54, 1.807) is 0 Å². The molecule has 1 aliphatic heterocycles. The van der Waals surface area contributed by atoms with Crippen molar-refractivity contribution in [1.82, 2.24) is 10.2 Å². The molecule has 1 aliphatic rings. The molecule has 17 heavy (non-hydrogen) atoms. The Hall–Kier alpha value is -0.610. The van der Waals surface area contributed by atoms with Gasteiger partial charge in [0, 0.05) is 19.6 Å². The zero-order valence-electron chi connectivity index (χ0n) is 10.8. The Morgan fingerprint density at radius 1 is 1.12 bits per heavy atom. The van der Waals surface area contributed by atoms with Gasteiger partial charge in [0.05, 0.1) is 0 Å². The quantitative estimate of drug-likeness (QED) is 0.628. The molecule has 0 aromatic carbocycles. The number of likely N-dealkylation sites (tertiary alicyclic amines) is 1. The summed E-state index contributed by atoms with van der Waals surface area (Å²) in [6.07, 6.45) is 7.13. The van der Waals surface area contributed by atoms with Crippen LogP contribution in [0.5, 0.6) is 0 Å². The van der Waals surface area contributed by atoms with Crippen molar-refractivity contribution in [2.24, 2.45) is 0 Å². The first kappa shape index (κ1) is 14.5. The summed E-state index contributed by atoms with van der Waals surface area (Å²) < 4.78 is 0. The van der Waals surface area contributed by atoms with Crippen LogP contribution in [0.25, 0.3) is 0 Å². The molecule has 1 fully saturated rings. The predicted molar refractivity (Wildman–Crippen MR) is 68.9 cm³/mol. The summed E-state index contributed by atoms with van der Waals surface area (Å²) in [7, 11) is 0. The molecule has 1 saturated heterocycles. The number of rotatable bonds is 8. The van der Waals surface area contributed by atoms with Crippen LogP contribution in [0, 0.1) is 0 Å². The first-order chi connectivity index (χ1) is 8.33. The molecular formula is C13H26N2O2. The van der Waals surface area contributed by atoms with Gasteiger partial charge >= 0.3 is 0 Å². The molecule has 0 radical (unpaired) electrons. The van der Waals surface area contributed by atoms with Crippen molar-refractivity contribution in [1.29, 1.82) is 0 Å². The molecule has 1 rings (SSSR count). The molecule has 1 heterocycles. The molecule has 4 nitrogen and oxygen atoms in total. The van der Waals surface area contributed by atoms with Crippen LogP contribution in [0.2, 0.25) is 0 Å². The Morgan fingerprint density at radius 3 is 2.59 bits per heavy atom. The van der Waals surface area contributed by atoms with E-state index in [0.717, 1.165) is 32.4 Å². The lowest BCUT2D eigenvalue weighted by atomic mass is 10.1. The SMILES string of the molecule is O=C(CCCCO)NCCCN1CCCCC1. The van der Waals surface area contributed by atoms with E-state index in [9.17, 15) is 4.79 Å². The predicted octanol–water partition coefficient (Wildman–Crippen LogP) is 1.14. The molecule has 0 saturated carbocycles. The minimum atomic E-state index is 0.122. The minimum absolute atomic E-state index is 0.122. The monoisotopic (exact) mass is 242 g/mol. The molecular weight excluding hydrogens is 216 g/mol. The largest absolute Gasteiger partial charge is 0.396 e. The molecule has 1 amide bonds. The molecule has 0 aromatic rings.